The van der Waals surface area contributed by atoms with Crippen LogP contribution in [0.1, 0.15) is 45.0 Å². The number of halogens is 2. The van der Waals surface area contributed by atoms with Gasteiger partial charge in [-0.25, -0.2) is 4.79 Å². The number of esters is 1. The lowest BCUT2D eigenvalue weighted by molar-refractivity contribution is -0.148. The number of nitrogens with zero attached hydrogens (tertiary/aromatic N) is 1. The van der Waals surface area contributed by atoms with E-state index in [2.05, 4.69) is 10.3 Å². The second kappa shape index (κ2) is 11.7. The van der Waals surface area contributed by atoms with Crippen LogP contribution in [0, 0.1) is 0 Å². The van der Waals surface area contributed by atoms with Crippen LogP contribution in [0.4, 0.5) is 0 Å². The number of amides is 2. The number of methoxy groups -OCH3 is 2. The highest BCUT2D eigenvalue weighted by molar-refractivity contribution is 6.31. The molecule has 0 aliphatic carbocycles. The number of carbonyl (C=O) groups is 3. The van der Waals surface area contributed by atoms with Crippen molar-refractivity contribution < 1.29 is 23.9 Å². The summed E-state index contributed by atoms with van der Waals surface area (Å²) in [7, 11) is 2.82. The van der Waals surface area contributed by atoms with E-state index in [-0.39, 0.29) is 12.5 Å². The van der Waals surface area contributed by atoms with Crippen LogP contribution in [0.3, 0.4) is 0 Å². The molecular formula is C30H27Cl2N3O5. The summed E-state index contributed by atoms with van der Waals surface area (Å²) in [5.74, 6) is -2.23. The monoisotopic (exact) mass is 579 g/mol. The fourth-order valence-corrected chi connectivity index (χ4v) is 5.67. The number of H-pyrrole nitrogens is 1. The van der Waals surface area contributed by atoms with Crippen molar-refractivity contribution in [2.45, 2.75) is 18.0 Å². The summed E-state index contributed by atoms with van der Waals surface area (Å²) in [6, 6.07) is 16.9. The zero-order valence-electron chi connectivity index (χ0n) is 21.8. The lowest BCUT2D eigenvalue weighted by Crippen LogP contribution is -2.50. The average molecular weight is 580 g/mol. The minimum absolute atomic E-state index is 0.274. The molecule has 1 aliphatic rings. The van der Waals surface area contributed by atoms with Crippen molar-refractivity contribution in [2.24, 2.45) is 0 Å². The molecule has 0 saturated heterocycles. The molecule has 1 aliphatic heterocycles. The molecule has 3 atom stereocenters. The largest absolute Gasteiger partial charge is 0.467 e. The first kappa shape index (κ1) is 27.7. The van der Waals surface area contributed by atoms with Crippen LogP contribution in [0.15, 0.2) is 72.9 Å². The Bertz CT molecular complexity index is 1570. The number of ether oxygens (including phenoxy) is 2. The molecule has 8 nitrogen and oxygen atoms in total. The molecule has 5 rings (SSSR count). The van der Waals surface area contributed by atoms with E-state index in [1.54, 1.807) is 74.0 Å². The summed E-state index contributed by atoms with van der Waals surface area (Å²) < 4.78 is 10.4. The maximum absolute atomic E-state index is 14.4. The molecule has 0 bridgehead atoms. The third-order valence-electron chi connectivity index (χ3n) is 7.15. The van der Waals surface area contributed by atoms with Gasteiger partial charge in [0.05, 0.1) is 25.7 Å². The third kappa shape index (κ3) is 5.06. The molecule has 206 valence electrons. The number of hydrogen-bond acceptors (Lipinski definition) is 5. The van der Waals surface area contributed by atoms with Gasteiger partial charge in [-0.3, -0.25) is 9.59 Å². The second-order valence-corrected chi connectivity index (χ2v) is 10.3. The number of fused-ring (bicyclic) bond motifs is 2. The Morgan fingerprint density at radius 3 is 2.45 bits per heavy atom. The standard InChI is InChI=1S/C30H27Cl2N3O5/c1-39-14-13-33-28(36)25-21-5-3-4-6-22(21)29(37)35(26(30(38)40-2)17-7-9-18(31)10-8-17)27(25)23-16-34-24-15-19(32)11-12-20(23)24/h3-12,15-16,25-27,34H,13-14H2,1-2H3,(H,33,36). The molecule has 2 N–H and O–H groups in total. The zero-order valence-corrected chi connectivity index (χ0v) is 23.3. The van der Waals surface area contributed by atoms with Crippen molar-refractivity contribution in [3.63, 3.8) is 0 Å². The van der Waals surface area contributed by atoms with Crippen molar-refractivity contribution in [3.05, 3.63) is 105 Å². The van der Waals surface area contributed by atoms with Crippen LogP contribution in [-0.4, -0.2) is 55.0 Å². The first-order valence-electron chi connectivity index (χ1n) is 12.6. The van der Waals surface area contributed by atoms with Gasteiger partial charge in [0, 0.05) is 51.9 Å². The molecule has 40 heavy (non-hydrogen) atoms. The Morgan fingerprint density at radius 1 is 1.00 bits per heavy atom. The first-order valence-corrected chi connectivity index (χ1v) is 13.4. The highest BCUT2D eigenvalue weighted by Crippen LogP contribution is 2.48. The number of carbonyl (C=O) groups excluding carboxylic acids is 3. The van der Waals surface area contributed by atoms with Crippen molar-refractivity contribution in [1.82, 2.24) is 15.2 Å². The molecule has 1 aromatic heterocycles. The Kier molecular flexibility index (Phi) is 8.12. The highest BCUT2D eigenvalue weighted by Gasteiger charge is 2.49. The zero-order chi connectivity index (χ0) is 28.4. The molecule has 2 heterocycles. The van der Waals surface area contributed by atoms with Crippen molar-refractivity contribution in [1.29, 1.82) is 0 Å². The van der Waals surface area contributed by atoms with E-state index < -0.39 is 29.9 Å². The van der Waals surface area contributed by atoms with E-state index in [4.69, 9.17) is 32.7 Å². The summed E-state index contributed by atoms with van der Waals surface area (Å²) >= 11 is 12.4. The number of hydrogen-bond donors (Lipinski definition) is 2. The highest BCUT2D eigenvalue weighted by atomic mass is 35.5. The van der Waals surface area contributed by atoms with Gasteiger partial charge in [0.2, 0.25) is 5.91 Å². The number of nitrogens with one attached hydrogen (secondary N) is 2. The topological polar surface area (TPSA) is 101 Å². The maximum atomic E-state index is 14.4. The molecular weight excluding hydrogens is 553 g/mol. The van der Waals surface area contributed by atoms with Gasteiger partial charge in [0.1, 0.15) is 0 Å². The molecule has 2 amide bonds. The molecule has 3 unspecified atom stereocenters. The van der Waals surface area contributed by atoms with Gasteiger partial charge >= 0.3 is 5.97 Å². The lowest BCUT2D eigenvalue weighted by atomic mass is 9.77. The van der Waals surface area contributed by atoms with Crippen molar-refractivity contribution in [2.75, 3.05) is 27.4 Å². The Hall–Kier alpha value is -3.85. The number of benzene rings is 3. The number of aromatic amines is 1. The summed E-state index contributed by atoms with van der Waals surface area (Å²) in [6.45, 7) is 0.588. The molecule has 0 spiro atoms. The normalized spacial score (nSPS) is 17.4. The van der Waals surface area contributed by atoms with Gasteiger partial charge in [-0.15, -0.1) is 0 Å². The molecule has 10 heteroatoms. The van der Waals surface area contributed by atoms with E-state index in [0.717, 1.165) is 10.9 Å². The first-order chi connectivity index (χ1) is 19.3. The molecule has 0 fully saturated rings. The van der Waals surface area contributed by atoms with Gasteiger partial charge in [-0.2, -0.15) is 0 Å². The van der Waals surface area contributed by atoms with Gasteiger partial charge in [0.25, 0.3) is 5.91 Å². The van der Waals surface area contributed by atoms with E-state index in [9.17, 15) is 14.4 Å². The predicted molar refractivity (Wildman–Crippen MR) is 152 cm³/mol. The Labute approximate surface area is 241 Å². The number of rotatable bonds is 8. The predicted octanol–water partition coefficient (Wildman–Crippen LogP) is 5.43. The summed E-state index contributed by atoms with van der Waals surface area (Å²) in [5, 5.41) is 4.71. The lowest BCUT2D eigenvalue weighted by Gasteiger charge is -2.44. The Balaban J connectivity index is 1.78. The summed E-state index contributed by atoms with van der Waals surface area (Å²) in [6.07, 6.45) is 1.76. The van der Waals surface area contributed by atoms with Gasteiger partial charge in [-0.1, -0.05) is 59.6 Å². The van der Waals surface area contributed by atoms with Crippen LogP contribution >= 0.6 is 23.2 Å². The minimum Gasteiger partial charge on any atom is -0.467 e. The van der Waals surface area contributed by atoms with Gasteiger partial charge in [-0.05, 0) is 41.5 Å². The van der Waals surface area contributed by atoms with E-state index in [0.29, 0.717) is 38.9 Å². The molecule has 0 saturated carbocycles. The second-order valence-electron chi connectivity index (χ2n) is 9.42. The van der Waals surface area contributed by atoms with E-state index in [1.807, 2.05) is 6.07 Å². The summed E-state index contributed by atoms with van der Waals surface area (Å²) in [4.78, 5) is 46.5. The number of aromatic nitrogens is 1. The van der Waals surface area contributed by atoms with Crippen molar-refractivity contribution in [3.8, 4) is 0 Å². The third-order valence-corrected chi connectivity index (χ3v) is 7.63. The smallest absolute Gasteiger partial charge is 0.333 e. The molecule has 0 radical (unpaired) electrons. The summed E-state index contributed by atoms with van der Waals surface area (Å²) in [5.41, 5.74) is 2.77. The van der Waals surface area contributed by atoms with Crippen LogP contribution in [-0.2, 0) is 19.1 Å². The minimum atomic E-state index is -1.17. The van der Waals surface area contributed by atoms with Crippen LogP contribution < -0.4 is 5.32 Å². The fraction of sp³-hybridized carbons (Fsp3) is 0.233. The Morgan fingerprint density at radius 2 is 1.73 bits per heavy atom. The van der Waals surface area contributed by atoms with Gasteiger partial charge in [0.15, 0.2) is 6.04 Å². The van der Waals surface area contributed by atoms with Gasteiger partial charge < -0.3 is 24.7 Å². The SMILES string of the molecule is COCCNC(=O)C1c2ccccc2C(=O)N(C(C(=O)OC)c2ccc(Cl)cc2)C1c1c[nH]c2cc(Cl)ccc12. The van der Waals surface area contributed by atoms with E-state index >= 15 is 0 Å². The fourth-order valence-electron chi connectivity index (χ4n) is 5.37. The maximum Gasteiger partial charge on any atom is 0.333 e. The average Bonchev–Trinajstić information content (AvgIpc) is 3.37. The van der Waals surface area contributed by atoms with Crippen molar-refractivity contribution >= 4 is 51.9 Å². The van der Waals surface area contributed by atoms with Crippen LogP contribution in [0.2, 0.25) is 10.0 Å². The van der Waals surface area contributed by atoms with Crippen LogP contribution in [0.25, 0.3) is 10.9 Å². The van der Waals surface area contributed by atoms with E-state index in [1.165, 1.54) is 12.0 Å². The van der Waals surface area contributed by atoms with Crippen LogP contribution in [0.5, 0.6) is 0 Å². The molecule has 4 aromatic rings. The quantitative estimate of drug-likeness (QED) is 0.214. The molecule has 3 aromatic carbocycles.